The Hall–Kier alpha value is -2.15. The van der Waals surface area contributed by atoms with Gasteiger partial charge < -0.3 is 19.8 Å². The summed E-state index contributed by atoms with van der Waals surface area (Å²) in [6.45, 7) is 9.44. The summed E-state index contributed by atoms with van der Waals surface area (Å²) in [6, 6.07) is 1.76. The van der Waals surface area contributed by atoms with Crippen LogP contribution >= 0.6 is 0 Å². The number of nitrogens with zero attached hydrogens (tertiary/aromatic N) is 2. The van der Waals surface area contributed by atoms with Crippen molar-refractivity contribution in [1.82, 2.24) is 15.0 Å². The van der Waals surface area contributed by atoms with Crippen LogP contribution in [-0.2, 0) is 9.47 Å². The van der Waals surface area contributed by atoms with E-state index < -0.39 is 11.6 Å². The number of carbonyl (C=O) groups excluding carboxylic acids is 1. The van der Waals surface area contributed by atoms with Gasteiger partial charge in [0.05, 0.1) is 11.5 Å². The third-order valence-corrected chi connectivity index (χ3v) is 5.41. The number of rotatable bonds is 5. The first kappa shape index (κ1) is 18.2. The molecule has 146 valence electrons. The van der Waals surface area contributed by atoms with E-state index in [1.807, 2.05) is 20.8 Å². The molecular weight excluding hydrogens is 344 g/mol. The van der Waals surface area contributed by atoms with Crippen molar-refractivity contribution in [3.05, 3.63) is 18.1 Å². The normalized spacial score (nSPS) is 25.7. The molecule has 0 aromatic carbocycles. The van der Waals surface area contributed by atoms with E-state index in [2.05, 4.69) is 27.2 Å². The minimum absolute atomic E-state index is 0.0999. The highest BCUT2D eigenvalue weighted by molar-refractivity contribution is 5.97. The summed E-state index contributed by atoms with van der Waals surface area (Å²) < 4.78 is 11.5. The second-order valence-electron chi connectivity index (χ2n) is 9.06. The zero-order chi connectivity index (χ0) is 19.2. The van der Waals surface area contributed by atoms with E-state index in [1.165, 1.54) is 19.2 Å². The Morgan fingerprint density at radius 2 is 2.19 bits per heavy atom. The SMILES string of the molecule is CC(C)(C)OC(=O)c1cc2c(NCC3(C)CCOC3C3CC3)ncnc2[nH]1. The smallest absolute Gasteiger partial charge is 0.355 e. The molecule has 2 atom stereocenters. The van der Waals surface area contributed by atoms with Crippen molar-refractivity contribution >= 4 is 22.8 Å². The van der Waals surface area contributed by atoms with Gasteiger partial charge in [-0.2, -0.15) is 0 Å². The predicted molar refractivity (Wildman–Crippen MR) is 103 cm³/mol. The van der Waals surface area contributed by atoms with Crippen LogP contribution in [0.2, 0.25) is 0 Å². The molecule has 0 radical (unpaired) electrons. The molecule has 7 heteroatoms. The molecule has 3 heterocycles. The summed E-state index contributed by atoms with van der Waals surface area (Å²) in [6.07, 6.45) is 5.42. The molecule has 7 nitrogen and oxygen atoms in total. The number of aromatic amines is 1. The van der Waals surface area contributed by atoms with Crippen LogP contribution in [0.1, 0.15) is 57.4 Å². The lowest BCUT2D eigenvalue weighted by molar-refractivity contribution is 0.00638. The number of ether oxygens (including phenoxy) is 2. The van der Waals surface area contributed by atoms with Crippen molar-refractivity contribution < 1.29 is 14.3 Å². The Balaban J connectivity index is 1.53. The van der Waals surface area contributed by atoms with E-state index in [9.17, 15) is 4.79 Å². The monoisotopic (exact) mass is 372 g/mol. The van der Waals surface area contributed by atoms with Gasteiger partial charge in [0.25, 0.3) is 0 Å². The van der Waals surface area contributed by atoms with Crippen molar-refractivity contribution in [1.29, 1.82) is 0 Å². The Kier molecular flexibility index (Phi) is 4.37. The topological polar surface area (TPSA) is 89.1 Å². The van der Waals surface area contributed by atoms with Gasteiger partial charge in [0.15, 0.2) is 0 Å². The largest absolute Gasteiger partial charge is 0.455 e. The molecule has 2 aliphatic rings. The first-order valence-electron chi connectivity index (χ1n) is 9.68. The maximum atomic E-state index is 12.3. The number of hydrogen-bond donors (Lipinski definition) is 2. The highest BCUT2D eigenvalue weighted by Gasteiger charge is 2.48. The highest BCUT2D eigenvalue weighted by atomic mass is 16.6. The van der Waals surface area contributed by atoms with Crippen LogP contribution in [-0.4, -0.2) is 45.8 Å². The fourth-order valence-corrected chi connectivity index (χ4v) is 3.86. The number of nitrogens with one attached hydrogen (secondary N) is 2. The molecule has 0 spiro atoms. The average Bonchev–Trinajstić information content (AvgIpc) is 3.19. The lowest BCUT2D eigenvalue weighted by Gasteiger charge is -2.30. The molecule has 0 bridgehead atoms. The summed E-state index contributed by atoms with van der Waals surface area (Å²) in [7, 11) is 0. The number of aromatic nitrogens is 3. The molecule has 27 heavy (non-hydrogen) atoms. The second kappa shape index (κ2) is 6.48. The van der Waals surface area contributed by atoms with Crippen molar-refractivity contribution in [2.45, 2.75) is 58.7 Å². The zero-order valence-corrected chi connectivity index (χ0v) is 16.5. The molecule has 2 aromatic heterocycles. The Morgan fingerprint density at radius 3 is 2.89 bits per heavy atom. The fourth-order valence-electron chi connectivity index (χ4n) is 3.86. The number of H-pyrrole nitrogens is 1. The molecular formula is C20H28N4O3. The quantitative estimate of drug-likeness (QED) is 0.781. The Bertz CT molecular complexity index is 853. The molecule has 1 saturated carbocycles. The lowest BCUT2D eigenvalue weighted by Crippen LogP contribution is -2.36. The number of hydrogen-bond acceptors (Lipinski definition) is 6. The van der Waals surface area contributed by atoms with Crippen LogP contribution in [0.4, 0.5) is 5.82 Å². The summed E-state index contributed by atoms with van der Waals surface area (Å²) in [4.78, 5) is 24.0. The number of carbonyl (C=O) groups is 1. The van der Waals surface area contributed by atoms with E-state index in [-0.39, 0.29) is 5.41 Å². The maximum Gasteiger partial charge on any atom is 0.355 e. The molecule has 2 fully saturated rings. The van der Waals surface area contributed by atoms with Gasteiger partial charge in [-0.25, -0.2) is 14.8 Å². The zero-order valence-electron chi connectivity index (χ0n) is 16.5. The van der Waals surface area contributed by atoms with E-state index >= 15 is 0 Å². The molecule has 2 N–H and O–H groups in total. The lowest BCUT2D eigenvalue weighted by atomic mass is 9.81. The van der Waals surface area contributed by atoms with Crippen LogP contribution < -0.4 is 5.32 Å². The minimum Gasteiger partial charge on any atom is -0.455 e. The maximum absolute atomic E-state index is 12.3. The molecule has 4 rings (SSSR count). The standard InChI is InChI=1S/C20H28N4O3/c1-19(2,3)27-18(25)14-9-13-16(22-11-23-17(13)24-14)21-10-20(4)7-8-26-15(20)12-5-6-12/h9,11-12,15H,5-8,10H2,1-4H3,(H2,21,22,23,24). The van der Waals surface area contributed by atoms with Crippen molar-refractivity contribution in [3.63, 3.8) is 0 Å². The summed E-state index contributed by atoms with van der Waals surface area (Å²) in [5.41, 5.74) is 0.563. The van der Waals surface area contributed by atoms with E-state index in [0.717, 1.165) is 30.8 Å². The Morgan fingerprint density at radius 1 is 1.41 bits per heavy atom. The van der Waals surface area contributed by atoms with Crippen LogP contribution in [0.25, 0.3) is 11.0 Å². The summed E-state index contributed by atoms with van der Waals surface area (Å²) in [5.74, 6) is 1.04. The van der Waals surface area contributed by atoms with Gasteiger partial charge in [0.1, 0.15) is 29.1 Å². The van der Waals surface area contributed by atoms with Crippen LogP contribution in [0, 0.1) is 11.3 Å². The van der Waals surface area contributed by atoms with Gasteiger partial charge in [-0.1, -0.05) is 6.92 Å². The average molecular weight is 372 g/mol. The van der Waals surface area contributed by atoms with Crippen molar-refractivity contribution in [2.75, 3.05) is 18.5 Å². The van der Waals surface area contributed by atoms with Gasteiger partial charge in [0, 0.05) is 18.6 Å². The molecule has 1 aliphatic carbocycles. The predicted octanol–water partition coefficient (Wildman–Crippen LogP) is 3.53. The third-order valence-electron chi connectivity index (χ3n) is 5.41. The van der Waals surface area contributed by atoms with Gasteiger partial charge >= 0.3 is 5.97 Å². The van der Waals surface area contributed by atoms with E-state index in [0.29, 0.717) is 23.4 Å². The number of anilines is 1. The number of fused-ring (bicyclic) bond motifs is 1. The fraction of sp³-hybridized carbons (Fsp3) is 0.650. The van der Waals surface area contributed by atoms with Gasteiger partial charge in [-0.15, -0.1) is 0 Å². The molecule has 0 amide bonds. The second-order valence-corrected chi connectivity index (χ2v) is 9.06. The first-order valence-corrected chi connectivity index (χ1v) is 9.68. The summed E-state index contributed by atoms with van der Waals surface area (Å²) >= 11 is 0. The summed E-state index contributed by atoms with van der Waals surface area (Å²) in [5, 5.41) is 4.28. The molecule has 2 aromatic rings. The van der Waals surface area contributed by atoms with E-state index in [4.69, 9.17) is 9.47 Å². The highest BCUT2D eigenvalue weighted by Crippen LogP contribution is 2.47. The van der Waals surface area contributed by atoms with Crippen molar-refractivity contribution in [2.24, 2.45) is 11.3 Å². The van der Waals surface area contributed by atoms with Crippen LogP contribution in [0.3, 0.4) is 0 Å². The minimum atomic E-state index is -0.546. The van der Waals surface area contributed by atoms with E-state index in [1.54, 1.807) is 6.07 Å². The molecule has 2 unspecified atom stereocenters. The Labute approximate surface area is 159 Å². The van der Waals surface area contributed by atoms with Gasteiger partial charge in [-0.05, 0) is 52.0 Å². The third kappa shape index (κ3) is 3.78. The van der Waals surface area contributed by atoms with Crippen molar-refractivity contribution in [3.8, 4) is 0 Å². The van der Waals surface area contributed by atoms with Gasteiger partial charge in [0.2, 0.25) is 0 Å². The molecule has 1 saturated heterocycles. The molecule has 1 aliphatic heterocycles. The number of esters is 1. The first-order chi connectivity index (χ1) is 12.8. The van der Waals surface area contributed by atoms with Gasteiger partial charge in [-0.3, -0.25) is 0 Å². The van der Waals surface area contributed by atoms with Crippen LogP contribution in [0.15, 0.2) is 12.4 Å². The van der Waals surface area contributed by atoms with Crippen LogP contribution in [0.5, 0.6) is 0 Å².